The number of nitrogens with zero attached hydrogens (tertiary/aromatic N) is 2. The molecular formula is C11H13N5O2. The monoisotopic (exact) mass is 247 g/mol. The van der Waals surface area contributed by atoms with E-state index in [1.54, 1.807) is 30.5 Å². The molecule has 1 aromatic rings. The van der Waals surface area contributed by atoms with Crippen LogP contribution in [0.15, 0.2) is 41.5 Å². The number of para-hydroxylation sites is 1. The van der Waals surface area contributed by atoms with Crippen LogP contribution in [0.2, 0.25) is 0 Å². The zero-order valence-electron chi connectivity index (χ0n) is 9.54. The van der Waals surface area contributed by atoms with Crippen molar-refractivity contribution in [2.45, 2.75) is 12.2 Å². The van der Waals surface area contributed by atoms with Crippen molar-refractivity contribution in [2.24, 2.45) is 16.5 Å². The van der Waals surface area contributed by atoms with Crippen molar-refractivity contribution in [3.63, 3.8) is 0 Å². The van der Waals surface area contributed by atoms with Crippen LogP contribution < -0.4 is 16.8 Å². The summed E-state index contributed by atoms with van der Waals surface area (Å²) in [6, 6.07) is 6.41. The van der Waals surface area contributed by atoms with Gasteiger partial charge in [0, 0.05) is 24.3 Å². The van der Waals surface area contributed by atoms with Gasteiger partial charge in [-0.15, -0.1) is 0 Å². The van der Waals surface area contributed by atoms with Gasteiger partial charge in [-0.2, -0.15) is 0 Å². The number of hydrogen-bond donors (Lipinski definition) is 3. The van der Waals surface area contributed by atoms with E-state index in [2.05, 4.69) is 10.3 Å². The summed E-state index contributed by atoms with van der Waals surface area (Å²) in [6.45, 7) is 0. The molecule has 0 bridgehead atoms. The Balaban J connectivity index is 2.30. The van der Waals surface area contributed by atoms with Crippen molar-refractivity contribution in [2.75, 3.05) is 0 Å². The number of hydrogen-bond acceptors (Lipinski definition) is 6. The zero-order valence-corrected chi connectivity index (χ0v) is 9.54. The van der Waals surface area contributed by atoms with Crippen LogP contribution in [0.4, 0.5) is 5.69 Å². The largest absolute Gasteiger partial charge is 0.384 e. The summed E-state index contributed by atoms with van der Waals surface area (Å²) in [4.78, 5) is 14.5. The summed E-state index contributed by atoms with van der Waals surface area (Å²) < 4.78 is 0. The second-order valence-corrected chi connectivity index (χ2v) is 4.00. The van der Waals surface area contributed by atoms with Crippen LogP contribution in [-0.4, -0.2) is 16.5 Å². The van der Waals surface area contributed by atoms with Crippen LogP contribution in [0.25, 0.3) is 0 Å². The van der Waals surface area contributed by atoms with E-state index >= 15 is 0 Å². The average molecular weight is 247 g/mol. The minimum atomic E-state index is -1.15. The normalized spacial score (nSPS) is 22.2. The third-order valence-corrected chi connectivity index (χ3v) is 2.56. The minimum absolute atomic E-state index is 0.0208. The second-order valence-electron chi connectivity index (χ2n) is 4.00. The summed E-state index contributed by atoms with van der Waals surface area (Å²) in [6.07, 6.45) is 3.33. The summed E-state index contributed by atoms with van der Waals surface area (Å²) >= 11 is 0. The smallest absolute Gasteiger partial charge is 0.272 e. The first-order chi connectivity index (χ1) is 8.50. The van der Waals surface area contributed by atoms with Crippen molar-refractivity contribution in [3.8, 4) is 0 Å². The molecule has 7 heteroatoms. The first kappa shape index (κ1) is 12.1. The third-order valence-electron chi connectivity index (χ3n) is 2.56. The molecule has 1 aliphatic heterocycles. The number of benzene rings is 1. The molecule has 18 heavy (non-hydrogen) atoms. The van der Waals surface area contributed by atoms with Crippen molar-refractivity contribution < 1.29 is 4.92 Å². The number of nitro benzene ring substituents is 1. The van der Waals surface area contributed by atoms with E-state index in [0.29, 0.717) is 5.56 Å². The molecule has 0 radical (unpaired) electrons. The first-order valence-corrected chi connectivity index (χ1v) is 5.31. The Hall–Kier alpha value is -2.41. The molecular weight excluding hydrogens is 234 g/mol. The molecule has 0 aromatic heterocycles. The van der Waals surface area contributed by atoms with Crippen molar-refractivity contribution in [3.05, 3.63) is 52.2 Å². The van der Waals surface area contributed by atoms with E-state index < -0.39 is 10.7 Å². The maximum absolute atomic E-state index is 10.9. The summed E-state index contributed by atoms with van der Waals surface area (Å²) in [5.74, 6) is -0.861. The highest BCUT2D eigenvalue weighted by molar-refractivity contribution is 5.92. The van der Waals surface area contributed by atoms with Crippen molar-refractivity contribution in [1.82, 2.24) is 5.32 Å². The molecule has 1 atom stereocenters. The Morgan fingerprint density at radius 2 is 2.17 bits per heavy atom. The predicted octanol–water partition coefficient (Wildman–Crippen LogP) is 0.224. The van der Waals surface area contributed by atoms with E-state index in [9.17, 15) is 10.1 Å². The Kier molecular flexibility index (Phi) is 2.99. The van der Waals surface area contributed by atoms with Crippen LogP contribution in [0, 0.1) is 10.1 Å². The number of nitro groups is 1. The van der Waals surface area contributed by atoms with E-state index in [1.165, 1.54) is 6.07 Å². The van der Waals surface area contributed by atoms with Crippen LogP contribution in [0.5, 0.6) is 0 Å². The molecule has 0 saturated heterocycles. The summed E-state index contributed by atoms with van der Waals surface area (Å²) in [5, 5.41) is 13.7. The van der Waals surface area contributed by atoms with Gasteiger partial charge in [0.15, 0.2) is 5.79 Å². The fraction of sp³-hybridized carbons (Fsp3) is 0.182. The number of rotatable bonds is 3. The molecule has 0 aliphatic carbocycles. The molecule has 1 aliphatic rings. The lowest BCUT2D eigenvalue weighted by molar-refractivity contribution is -0.385. The molecule has 1 unspecified atom stereocenters. The number of aliphatic imine (C=N–C) groups is 1. The molecule has 0 amide bonds. The van der Waals surface area contributed by atoms with Gasteiger partial charge in [0.1, 0.15) is 5.84 Å². The standard InChI is InChI=1S/C11H13N5O2/c12-10-5-6-14-11(13,15-10)7-8-3-1-2-4-9(8)16(17)18/h1-6,14H,7,13H2,(H2,12,15). The average Bonchev–Trinajstić information content (AvgIpc) is 2.28. The molecule has 0 spiro atoms. The lowest BCUT2D eigenvalue weighted by Crippen LogP contribution is -2.54. The van der Waals surface area contributed by atoms with Gasteiger partial charge in [0.2, 0.25) is 0 Å². The highest BCUT2D eigenvalue weighted by Gasteiger charge is 2.28. The Labute approximate surface area is 103 Å². The van der Waals surface area contributed by atoms with Gasteiger partial charge in [0.05, 0.1) is 4.92 Å². The van der Waals surface area contributed by atoms with Gasteiger partial charge >= 0.3 is 0 Å². The molecule has 94 valence electrons. The molecule has 0 fully saturated rings. The Bertz CT molecular complexity index is 540. The molecule has 5 N–H and O–H groups in total. The Morgan fingerprint density at radius 1 is 1.44 bits per heavy atom. The van der Waals surface area contributed by atoms with E-state index in [-0.39, 0.29) is 17.9 Å². The van der Waals surface area contributed by atoms with Crippen LogP contribution in [-0.2, 0) is 6.42 Å². The van der Waals surface area contributed by atoms with Gasteiger partial charge in [0.25, 0.3) is 5.69 Å². The Morgan fingerprint density at radius 3 is 2.83 bits per heavy atom. The van der Waals surface area contributed by atoms with E-state index in [1.807, 2.05) is 0 Å². The van der Waals surface area contributed by atoms with Gasteiger partial charge < -0.3 is 11.1 Å². The fourth-order valence-electron chi connectivity index (χ4n) is 1.79. The predicted molar refractivity (Wildman–Crippen MR) is 67.6 cm³/mol. The van der Waals surface area contributed by atoms with Gasteiger partial charge in [-0.05, 0) is 6.08 Å². The molecule has 1 aromatic carbocycles. The number of nitrogens with one attached hydrogen (secondary N) is 1. The lowest BCUT2D eigenvalue weighted by atomic mass is 10.0. The van der Waals surface area contributed by atoms with Crippen LogP contribution >= 0.6 is 0 Å². The van der Waals surface area contributed by atoms with Gasteiger partial charge in [-0.25, -0.2) is 4.99 Å². The van der Waals surface area contributed by atoms with E-state index in [4.69, 9.17) is 11.5 Å². The molecule has 2 rings (SSSR count). The van der Waals surface area contributed by atoms with E-state index in [0.717, 1.165) is 0 Å². The topological polar surface area (TPSA) is 120 Å². The highest BCUT2D eigenvalue weighted by atomic mass is 16.6. The van der Waals surface area contributed by atoms with Gasteiger partial charge in [-0.1, -0.05) is 18.2 Å². The quantitative estimate of drug-likeness (QED) is 0.521. The molecule has 0 saturated carbocycles. The highest BCUT2D eigenvalue weighted by Crippen LogP contribution is 2.22. The van der Waals surface area contributed by atoms with Crippen LogP contribution in [0.1, 0.15) is 5.56 Å². The lowest BCUT2D eigenvalue weighted by Gasteiger charge is -2.28. The maximum Gasteiger partial charge on any atom is 0.272 e. The summed E-state index contributed by atoms with van der Waals surface area (Å²) in [5.41, 5.74) is 12.1. The zero-order chi connectivity index (χ0) is 13.2. The van der Waals surface area contributed by atoms with Crippen molar-refractivity contribution >= 4 is 11.5 Å². The summed E-state index contributed by atoms with van der Waals surface area (Å²) in [7, 11) is 0. The van der Waals surface area contributed by atoms with Crippen LogP contribution in [0.3, 0.4) is 0 Å². The fourth-order valence-corrected chi connectivity index (χ4v) is 1.79. The number of amidine groups is 1. The second kappa shape index (κ2) is 4.46. The first-order valence-electron chi connectivity index (χ1n) is 5.31. The SMILES string of the molecule is NC1=NC(N)(Cc2ccccc2[N+](=O)[O-])NC=C1. The van der Waals surface area contributed by atoms with Crippen molar-refractivity contribution in [1.29, 1.82) is 0 Å². The maximum atomic E-state index is 10.9. The third kappa shape index (κ3) is 2.46. The number of nitrogens with two attached hydrogens (primary N) is 2. The molecule has 1 heterocycles. The van der Waals surface area contributed by atoms with Gasteiger partial charge in [-0.3, -0.25) is 15.8 Å². The molecule has 7 nitrogen and oxygen atoms in total. The minimum Gasteiger partial charge on any atom is -0.384 e.